The number of hydrogen-bond acceptors (Lipinski definition) is 3. The molecular weight excluding hydrogens is 349 g/mol. The van der Waals surface area contributed by atoms with Gasteiger partial charge in [-0.3, -0.25) is 9.79 Å². The maximum Gasteiger partial charge on any atom is 0.243 e. The van der Waals surface area contributed by atoms with Gasteiger partial charge in [0.15, 0.2) is 23.4 Å². The fourth-order valence-corrected chi connectivity index (χ4v) is 2.13. The number of benzene rings is 1. The molecule has 0 spiro atoms. The fourth-order valence-electron chi connectivity index (χ4n) is 2.13. The summed E-state index contributed by atoms with van der Waals surface area (Å²) in [7, 11) is 3.14. The van der Waals surface area contributed by atoms with Crippen molar-refractivity contribution < 1.29 is 22.7 Å². The minimum Gasteiger partial charge on any atom is -0.379 e. The minimum absolute atomic E-state index is 0.0915. The molecule has 1 rings (SSSR count). The van der Waals surface area contributed by atoms with Gasteiger partial charge in [0.25, 0.3) is 0 Å². The van der Waals surface area contributed by atoms with Gasteiger partial charge in [-0.2, -0.15) is 0 Å². The summed E-state index contributed by atoms with van der Waals surface area (Å²) < 4.78 is 45.0. The number of guanidine groups is 1. The summed E-state index contributed by atoms with van der Waals surface area (Å²) >= 11 is 0. The minimum atomic E-state index is -1.64. The molecule has 0 radical (unpaired) electrons. The third-order valence-electron chi connectivity index (χ3n) is 3.65. The predicted octanol–water partition coefficient (Wildman–Crippen LogP) is 2.27. The molecule has 0 saturated carbocycles. The molecule has 3 N–H and O–H groups in total. The van der Waals surface area contributed by atoms with Crippen LogP contribution in [0.25, 0.3) is 0 Å². The monoisotopic (exact) mass is 374 g/mol. The topological polar surface area (TPSA) is 74.8 Å². The molecule has 0 aliphatic rings. The first-order valence-electron chi connectivity index (χ1n) is 8.00. The zero-order valence-electron chi connectivity index (χ0n) is 15.5. The lowest BCUT2D eigenvalue weighted by atomic mass is 9.89. The van der Waals surface area contributed by atoms with Gasteiger partial charge in [-0.05, 0) is 17.5 Å². The van der Waals surface area contributed by atoms with Crippen molar-refractivity contribution in [2.24, 2.45) is 10.4 Å². The average molecular weight is 374 g/mol. The third-order valence-corrected chi connectivity index (χ3v) is 3.65. The summed E-state index contributed by atoms with van der Waals surface area (Å²) in [6, 6.07) is 1.69. The molecule has 0 fully saturated rings. The number of nitrogens with zero attached hydrogens (tertiary/aromatic N) is 1. The van der Waals surface area contributed by atoms with E-state index in [1.54, 1.807) is 7.11 Å². The molecule has 6 nitrogen and oxygen atoms in total. The van der Waals surface area contributed by atoms with Gasteiger partial charge in [-0.25, -0.2) is 13.2 Å². The van der Waals surface area contributed by atoms with E-state index in [9.17, 15) is 18.0 Å². The van der Waals surface area contributed by atoms with Gasteiger partial charge in [-0.1, -0.05) is 20.8 Å². The molecule has 0 aliphatic heterocycles. The molecule has 0 heterocycles. The van der Waals surface area contributed by atoms with Crippen LogP contribution < -0.4 is 16.0 Å². The second-order valence-corrected chi connectivity index (χ2v) is 6.67. The van der Waals surface area contributed by atoms with Gasteiger partial charge < -0.3 is 20.7 Å². The van der Waals surface area contributed by atoms with Gasteiger partial charge in [0.05, 0.1) is 18.3 Å². The van der Waals surface area contributed by atoms with Crippen molar-refractivity contribution in [2.75, 3.05) is 32.6 Å². The summed E-state index contributed by atoms with van der Waals surface area (Å²) in [4.78, 5) is 15.8. The second-order valence-electron chi connectivity index (χ2n) is 6.67. The van der Waals surface area contributed by atoms with Crippen LogP contribution in [0.3, 0.4) is 0 Å². The van der Waals surface area contributed by atoms with Crippen molar-refractivity contribution in [1.82, 2.24) is 10.6 Å². The summed E-state index contributed by atoms with van der Waals surface area (Å²) in [5, 5.41) is 7.94. The maximum absolute atomic E-state index is 13.5. The molecule has 1 amide bonds. The molecule has 0 aliphatic carbocycles. The number of halogens is 3. The number of aliphatic imine (C=N–C) groups is 1. The SMILES string of the molecule is CN=C(NCC(=O)Nc1ccc(F)c(F)c1F)NCC(OC)C(C)(C)C. The Labute approximate surface area is 151 Å². The summed E-state index contributed by atoms with van der Waals surface area (Å²) in [6.07, 6.45) is -0.0915. The highest BCUT2D eigenvalue weighted by atomic mass is 19.2. The van der Waals surface area contributed by atoms with Crippen LogP contribution in [0.1, 0.15) is 20.8 Å². The first kappa shape index (κ1) is 21.8. The van der Waals surface area contributed by atoms with Crippen molar-refractivity contribution in [3.05, 3.63) is 29.6 Å². The van der Waals surface area contributed by atoms with Crippen LogP contribution in [0.4, 0.5) is 18.9 Å². The van der Waals surface area contributed by atoms with Crippen molar-refractivity contribution in [1.29, 1.82) is 0 Å². The number of nitrogens with one attached hydrogen (secondary N) is 3. The Morgan fingerprint density at radius 2 is 1.85 bits per heavy atom. The van der Waals surface area contributed by atoms with Crippen molar-refractivity contribution in [2.45, 2.75) is 26.9 Å². The Kier molecular flexibility index (Phi) is 7.88. The van der Waals surface area contributed by atoms with E-state index < -0.39 is 29.0 Å². The number of anilines is 1. The average Bonchev–Trinajstić information content (AvgIpc) is 2.57. The Balaban J connectivity index is 2.56. The molecule has 1 aromatic rings. The smallest absolute Gasteiger partial charge is 0.243 e. The largest absolute Gasteiger partial charge is 0.379 e. The quantitative estimate of drug-likeness (QED) is 0.406. The van der Waals surface area contributed by atoms with Crippen LogP contribution in [0.5, 0.6) is 0 Å². The Morgan fingerprint density at radius 1 is 1.19 bits per heavy atom. The third kappa shape index (κ3) is 6.21. The zero-order chi connectivity index (χ0) is 19.9. The van der Waals surface area contributed by atoms with E-state index in [-0.39, 0.29) is 18.1 Å². The summed E-state index contributed by atoms with van der Waals surface area (Å²) in [5.41, 5.74) is -0.534. The standard InChI is InChI=1S/C17H25F3N4O2/c1-17(2,3)12(26-5)8-22-16(21-4)23-9-13(25)24-11-7-6-10(18)14(19)15(11)20/h6-7,12H,8-9H2,1-5H3,(H,24,25)(H2,21,22,23). The number of hydrogen-bond donors (Lipinski definition) is 3. The van der Waals surface area contributed by atoms with E-state index in [1.165, 1.54) is 7.05 Å². The molecule has 146 valence electrons. The first-order valence-corrected chi connectivity index (χ1v) is 8.00. The molecule has 1 aromatic carbocycles. The number of amides is 1. The van der Waals surface area contributed by atoms with E-state index in [2.05, 4.69) is 20.9 Å². The van der Waals surface area contributed by atoms with Crippen molar-refractivity contribution >= 4 is 17.6 Å². The number of carbonyl (C=O) groups is 1. The lowest BCUT2D eigenvalue weighted by Gasteiger charge is -2.30. The van der Waals surface area contributed by atoms with E-state index in [0.717, 1.165) is 12.1 Å². The number of ether oxygens (including phenoxy) is 1. The highest BCUT2D eigenvalue weighted by molar-refractivity contribution is 5.95. The molecule has 1 atom stereocenters. The zero-order valence-corrected chi connectivity index (χ0v) is 15.5. The van der Waals surface area contributed by atoms with E-state index in [4.69, 9.17) is 4.74 Å². The Morgan fingerprint density at radius 3 is 2.38 bits per heavy atom. The van der Waals surface area contributed by atoms with Crippen molar-refractivity contribution in [3.8, 4) is 0 Å². The number of rotatable bonds is 6. The Bertz CT molecular complexity index is 660. The molecule has 1 unspecified atom stereocenters. The second kappa shape index (κ2) is 9.42. The lowest BCUT2D eigenvalue weighted by Crippen LogP contribution is -2.47. The van der Waals surface area contributed by atoms with E-state index >= 15 is 0 Å². The normalized spacial score (nSPS) is 13.3. The molecular formula is C17H25F3N4O2. The van der Waals surface area contributed by atoms with Gasteiger partial charge >= 0.3 is 0 Å². The van der Waals surface area contributed by atoms with Crippen LogP contribution in [0.15, 0.2) is 17.1 Å². The van der Waals surface area contributed by atoms with Crippen molar-refractivity contribution in [3.63, 3.8) is 0 Å². The molecule has 26 heavy (non-hydrogen) atoms. The highest BCUT2D eigenvalue weighted by Gasteiger charge is 2.24. The Hall–Kier alpha value is -2.29. The van der Waals surface area contributed by atoms with E-state index in [1.807, 2.05) is 20.8 Å². The van der Waals surface area contributed by atoms with Crippen LogP contribution in [-0.4, -0.2) is 45.2 Å². The first-order chi connectivity index (χ1) is 12.1. The predicted molar refractivity (Wildman–Crippen MR) is 94.6 cm³/mol. The molecule has 0 bridgehead atoms. The molecule has 0 aromatic heterocycles. The summed E-state index contributed by atoms with van der Waals surface area (Å²) in [6.45, 7) is 6.30. The summed E-state index contributed by atoms with van der Waals surface area (Å²) in [5.74, 6) is -4.71. The maximum atomic E-state index is 13.5. The van der Waals surface area contributed by atoms with Crippen LogP contribution >= 0.6 is 0 Å². The van der Waals surface area contributed by atoms with E-state index in [0.29, 0.717) is 12.5 Å². The van der Waals surface area contributed by atoms with Gasteiger partial charge in [0, 0.05) is 20.7 Å². The van der Waals surface area contributed by atoms with Gasteiger partial charge in [0.1, 0.15) is 0 Å². The van der Waals surface area contributed by atoms with Crippen LogP contribution in [0, 0.1) is 22.9 Å². The van der Waals surface area contributed by atoms with Crippen LogP contribution in [-0.2, 0) is 9.53 Å². The molecule has 9 heteroatoms. The van der Waals surface area contributed by atoms with Gasteiger partial charge in [-0.15, -0.1) is 0 Å². The number of methoxy groups -OCH3 is 1. The fraction of sp³-hybridized carbons (Fsp3) is 0.529. The highest BCUT2D eigenvalue weighted by Crippen LogP contribution is 2.21. The van der Waals surface area contributed by atoms with Crippen LogP contribution in [0.2, 0.25) is 0 Å². The van der Waals surface area contributed by atoms with Gasteiger partial charge in [0.2, 0.25) is 5.91 Å². The molecule has 0 saturated heterocycles. The number of carbonyl (C=O) groups excluding carboxylic acids is 1. The lowest BCUT2D eigenvalue weighted by molar-refractivity contribution is -0.115.